The smallest absolute Gasteiger partial charge is 0.262 e. The van der Waals surface area contributed by atoms with Crippen LogP contribution in [0.15, 0.2) is 77.7 Å². The molecule has 0 aliphatic heterocycles. The van der Waals surface area contributed by atoms with Gasteiger partial charge in [-0.1, -0.05) is 23.7 Å². The van der Waals surface area contributed by atoms with Crippen LogP contribution in [0.2, 0.25) is 5.02 Å². The molecule has 0 aromatic heterocycles. The third kappa shape index (κ3) is 6.73. The maximum Gasteiger partial charge on any atom is 0.262 e. The van der Waals surface area contributed by atoms with Crippen molar-refractivity contribution in [1.29, 1.82) is 0 Å². The Hall–Kier alpha value is -3.56. The fourth-order valence-electron chi connectivity index (χ4n) is 2.70. The van der Waals surface area contributed by atoms with Crippen LogP contribution in [0.5, 0.6) is 5.75 Å². The molecular formula is C22H20ClN3O5S. The molecule has 0 aliphatic carbocycles. The van der Waals surface area contributed by atoms with Gasteiger partial charge in [-0.2, -0.15) is 0 Å². The summed E-state index contributed by atoms with van der Waals surface area (Å²) in [6.45, 7) is 1.13. The number of sulfonamides is 1. The molecule has 3 aromatic rings. The van der Waals surface area contributed by atoms with E-state index in [0.29, 0.717) is 27.8 Å². The Morgan fingerprint density at radius 1 is 0.875 bits per heavy atom. The summed E-state index contributed by atoms with van der Waals surface area (Å²) in [4.78, 5) is 23.3. The van der Waals surface area contributed by atoms with Crippen molar-refractivity contribution in [3.63, 3.8) is 0 Å². The molecule has 0 saturated heterocycles. The van der Waals surface area contributed by atoms with E-state index >= 15 is 0 Å². The van der Waals surface area contributed by atoms with Crippen LogP contribution >= 0.6 is 11.6 Å². The van der Waals surface area contributed by atoms with E-state index in [9.17, 15) is 18.0 Å². The fraction of sp³-hybridized carbons (Fsp3) is 0.0909. The summed E-state index contributed by atoms with van der Waals surface area (Å²) in [7, 11) is -3.81. The van der Waals surface area contributed by atoms with Crippen molar-refractivity contribution in [2.45, 2.75) is 11.8 Å². The van der Waals surface area contributed by atoms with Gasteiger partial charge in [-0.05, 0) is 54.6 Å². The number of benzene rings is 3. The second-order valence-electron chi connectivity index (χ2n) is 6.69. The van der Waals surface area contributed by atoms with Gasteiger partial charge in [0.1, 0.15) is 5.75 Å². The molecule has 0 saturated carbocycles. The highest BCUT2D eigenvalue weighted by molar-refractivity contribution is 7.92. The fourth-order valence-corrected chi connectivity index (χ4v) is 3.94. The van der Waals surface area contributed by atoms with Crippen molar-refractivity contribution in [1.82, 2.24) is 0 Å². The third-order valence-corrected chi connectivity index (χ3v) is 5.68. The summed E-state index contributed by atoms with van der Waals surface area (Å²) in [5, 5.41) is 5.67. The highest BCUT2D eigenvalue weighted by Gasteiger charge is 2.14. The molecule has 10 heteroatoms. The van der Waals surface area contributed by atoms with Crippen molar-refractivity contribution in [2.75, 3.05) is 22.0 Å². The lowest BCUT2D eigenvalue weighted by atomic mass is 10.3. The zero-order chi connectivity index (χ0) is 23.1. The monoisotopic (exact) mass is 473 g/mol. The van der Waals surface area contributed by atoms with E-state index in [1.165, 1.54) is 37.3 Å². The van der Waals surface area contributed by atoms with E-state index in [1.54, 1.807) is 42.5 Å². The first-order valence-electron chi connectivity index (χ1n) is 9.40. The number of nitrogens with one attached hydrogen (secondary N) is 3. The SMILES string of the molecule is CC(=O)Nc1cccc(OCC(=O)Nc2ccc(S(=O)(=O)Nc3cccc(Cl)c3)cc2)c1. The molecule has 0 fully saturated rings. The minimum atomic E-state index is -3.81. The lowest BCUT2D eigenvalue weighted by Crippen LogP contribution is -2.20. The second-order valence-corrected chi connectivity index (χ2v) is 8.80. The Labute approximate surface area is 190 Å². The largest absolute Gasteiger partial charge is 0.484 e. The number of hydrogen-bond acceptors (Lipinski definition) is 5. The van der Waals surface area contributed by atoms with E-state index in [1.807, 2.05) is 0 Å². The summed E-state index contributed by atoms with van der Waals surface area (Å²) >= 11 is 5.88. The zero-order valence-electron chi connectivity index (χ0n) is 17.0. The van der Waals surface area contributed by atoms with Crippen LogP contribution in [0, 0.1) is 0 Å². The highest BCUT2D eigenvalue weighted by Crippen LogP contribution is 2.21. The number of carbonyl (C=O) groups excluding carboxylic acids is 2. The quantitative estimate of drug-likeness (QED) is 0.455. The van der Waals surface area contributed by atoms with Gasteiger partial charge >= 0.3 is 0 Å². The normalized spacial score (nSPS) is 10.8. The summed E-state index contributed by atoms with van der Waals surface area (Å²) in [6, 6.07) is 18.7. The molecule has 0 heterocycles. The van der Waals surface area contributed by atoms with Gasteiger partial charge in [0.2, 0.25) is 5.91 Å². The molecular weight excluding hydrogens is 454 g/mol. The molecule has 166 valence electrons. The Morgan fingerprint density at radius 2 is 1.56 bits per heavy atom. The van der Waals surface area contributed by atoms with E-state index in [-0.39, 0.29) is 17.4 Å². The zero-order valence-corrected chi connectivity index (χ0v) is 18.5. The molecule has 3 N–H and O–H groups in total. The number of amides is 2. The van der Waals surface area contributed by atoms with Crippen LogP contribution in [-0.4, -0.2) is 26.8 Å². The van der Waals surface area contributed by atoms with Gasteiger partial charge in [0, 0.05) is 29.4 Å². The first-order chi connectivity index (χ1) is 15.2. The van der Waals surface area contributed by atoms with Crippen LogP contribution in [-0.2, 0) is 19.6 Å². The van der Waals surface area contributed by atoms with Gasteiger partial charge in [0.05, 0.1) is 10.6 Å². The van der Waals surface area contributed by atoms with Gasteiger partial charge in [0.25, 0.3) is 15.9 Å². The molecule has 0 bridgehead atoms. The van der Waals surface area contributed by atoms with E-state index < -0.39 is 15.9 Å². The maximum absolute atomic E-state index is 12.5. The topological polar surface area (TPSA) is 114 Å². The van der Waals surface area contributed by atoms with Gasteiger partial charge < -0.3 is 15.4 Å². The number of halogens is 1. The molecule has 2 amide bonds. The van der Waals surface area contributed by atoms with Crippen molar-refractivity contribution >= 4 is 50.5 Å². The van der Waals surface area contributed by atoms with E-state index in [4.69, 9.17) is 16.3 Å². The van der Waals surface area contributed by atoms with Crippen LogP contribution < -0.4 is 20.1 Å². The van der Waals surface area contributed by atoms with Gasteiger partial charge in [0.15, 0.2) is 6.61 Å². The minimum absolute atomic E-state index is 0.0292. The molecule has 3 rings (SSSR count). The van der Waals surface area contributed by atoms with Crippen molar-refractivity contribution in [2.24, 2.45) is 0 Å². The molecule has 0 aliphatic rings. The summed E-state index contributed by atoms with van der Waals surface area (Å²) in [5.74, 6) is -0.226. The van der Waals surface area contributed by atoms with Crippen molar-refractivity contribution in [3.8, 4) is 5.75 Å². The molecule has 32 heavy (non-hydrogen) atoms. The van der Waals surface area contributed by atoms with Crippen LogP contribution in [0.4, 0.5) is 17.1 Å². The number of ether oxygens (including phenoxy) is 1. The number of carbonyl (C=O) groups is 2. The third-order valence-electron chi connectivity index (χ3n) is 4.05. The van der Waals surface area contributed by atoms with Gasteiger partial charge in [-0.15, -0.1) is 0 Å². The average molecular weight is 474 g/mol. The van der Waals surface area contributed by atoms with Gasteiger partial charge in [-0.3, -0.25) is 14.3 Å². The van der Waals surface area contributed by atoms with Crippen molar-refractivity contribution < 1.29 is 22.7 Å². The maximum atomic E-state index is 12.5. The summed E-state index contributed by atoms with van der Waals surface area (Å²) < 4.78 is 32.9. The Balaban J connectivity index is 1.57. The number of anilines is 3. The average Bonchev–Trinajstić information content (AvgIpc) is 2.72. The highest BCUT2D eigenvalue weighted by atomic mass is 35.5. The van der Waals surface area contributed by atoms with Crippen LogP contribution in [0.1, 0.15) is 6.92 Å². The van der Waals surface area contributed by atoms with Crippen LogP contribution in [0.25, 0.3) is 0 Å². The molecule has 0 unspecified atom stereocenters. The predicted molar refractivity (Wildman–Crippen MR) is 124 cm³/mol. The van der Waals surface area contributed by atoms with E-state index in [0.717, 1.165) is 0 Å². The second kappa shape index (κ2) is 10.2. The molecule has 8 nitrogen and oxygen atoms in total. The summed E-state index contributed by atoms with van der Waals surface area (Å²) in [5.41, 5.74) is 1.31. The van der Waals surface area contributed by atoms with Crippen molar-refractivity contribution in [3.05, 3.63) is 77.8 Å². The lowest BCUT2D eigenvalue weighted by molar-refractivity contribution is -0.118. The number of rotatable bonds is 8. The molecule has 0 spiro atoms. The first kappa shape index (κ1) is 23.1. The van der Waals surface area contributed by atoms with Crippen LogP contribution in [0.3, 0.4) is 0 Å². The van der Waals surface area contributed by atoms with E-state index in [2.05, 4.69) is 15.4 Å². The lowest BCUT2D eigenvalue weighted by Gasteiger charge is -2.11. The number of hydrogen-bond donors (Lipinski definition) is 3. The first-order valence-corrected chi connectivity index (χ1v) is 11.3. The van der Waals surface area contributed by atoms with Gasteiger partial charge in [-0.25, -0.2) is 8.42 Å². The summed E-state index contributed by atoms with van der Waals surface area (Å²) in [6.07, 6.45) is 0. The molecule has 3 aromatic carbocycles. The predicted octanol–water partition coefficient (Wildman–Crippen LogP) is 4.12. The standard InChI is InChI=1S/C22H20ClN3O5S/c1-15(27)24-18-5-3-7-20(13-18)31-14-22(28)25-17-8-10-21(11-9-17)32(29,30)26-19-6-2-4-16(23)12-19/h2-13,26H,14H2,1H3,(H,24,27)(H,25,28). The molecule has 0 radical (unpaired) electrons. The Bertz CT molecular complexity index is 1230. The Morgan fingerprint density at radius 3 is 2.25 bits per heavy atom. The Kier molecular flexibility index (Phi) is 7.34. The minimum Gasteiger partial charge on any atom is -0.484 e. The molecule has 0 atom stereocenters.